The summed E-state index contributed by atoms with van der Waals surface area (Å²) in [4.78, 5) is 43.7. The number of carboxylic acid groups (broad SMARTS) is 1. The second-order valence-electron chi connectivity index (χ2n) is 8.06. The van der Waals surface area contributed by atoms with Crippen molar-refractivity contribution in [2.45, 2.75) is 18.1 Å². The van der Waals surface area contributed by atoms with Crippen molar-refractivity contribution < 1.29 is 24.2 Å². The zero-order valence-corrected chi connectivity index (χ0v) is 20.4. The number of para-hydroxylation sites is 1. The van der Waals surface area contributed by atoms with E-state index < -0.39 is 11.2 Å². The quantitative estimate of drug-likeness (QED) is 0.465. The molecule has 184 valence electrons. The third kappa shape index (κ3) is 6.31. The van der Waals surface area contributed by atoms with Crippen molar-refractivity contribution in [1.82, 2.24) is 4.90 Å². The van der Waals surface area contributed by atoms with Crippen LogP contribution < -0.4 is 10.1 Å². The van der Waals surface area contributed by atoms with E-state index in [1.54, 1.807) is 24.1 Å². The van der Waals surface area contributed by atoms with Gasteiger partial charge in [-0.05, 0) is 54.4 Å². The Hall–Kier alpha value is -4.11. The van der Waals surface area contributed by atoms with Gasteiger partial charge in [-0.1, -0.05) is 48.2 Å². The van der Waals surface area contributed by atoms with Crippen molar-refractivity contribution >= 4 is 46.1 Å². The minimum Gasteiger partial charge on any atom is -0.497 e. The molecule has 0 saturated carbocycles. The second-order valence-corrected chi connectivity index (χ2v) is 9.23. The highest BCUT2D eigenvalue weighted by Crippen LogP contribution is 2.30. The summed E-state index contributed by atoms with van der Waals surface area (Å²) < 4.78 is 5.21. The van der Waals surface area contributed by atoms with Crippen molar-refractivity contribution in [3.63, 3.8) is 0 Å². The average Bonchev–Trinajstić information content (AvgIpc) is 2.89. The fourth-order valence-corrected chi connectivity index (χ4v) is 4.78. The van der Waals surface area contributed by atoms with Gasteiger partial charge < -0.3 is 15.2 Å². The van der Waals surface area contributed by atoms with Crippen molar-refractivity contribution in [1.29, 1.82) is 0 Å². The first-order valence-corrected chi connectivity index (χ1v) is 12.2. The molecular weight excluding hydrogens is 478 g/mol. The van der Waals surface area contributed by atoms with Crippen LogP contribution in [-0.2, 0) is 16.0 Å². The fraction of sp³-hybridized carbons (Fsp3) is 0.185. The molecule has 9 heteroatoms. The van der Waals surface area contributed by atoms with Gasteiger partial charge in [-0.25, -0.2) is 9.79 Å². The molecule has 1 heterocycles. The van der Waals surface area contributed by atoms with E-state index in [2.05, 4.69) is 10.3 Å². The number of aromatic carboxylic acids is 1. The van der Waals surface area contributed by atoms with Gasteiger partial charge in [0.05, 0.1) is 18.4 Å². The number of benzene rings is 3. The Morgan fingerprint density at radius 2 is 1.83 bits per heavy atom. The monoisotopic (exact) mass is 503 g/mol. The van der Waals surface area contributed by atoms with Gasteiger partial charge in [0.1, 0.15) is 11.0 Å². The molecule has 4 rings (SSSR count). The number of thioether (sulfide) groups is 1. The van der Waals surface area contributed by atoms with Crippen LogP contribution in [0.3, 0.4) is 0 Å². The Morgan fingerprint density at radius 1 is 1.08 bits per heavy atom. The van der Waals surface area contributed by atoms with Crippen LogP contribution in [0.4, 0.5) is 11.4 Å². The predicted octanol–water partition coefficient (Wildman–Crippen LogP) is 4.60. The summed E-state index contributed by atoms with van der Waals surface area (Å²) in [6, 6.07) is 22.9. The molecule has 1 saturated heterocycles. The number of methoxy groups -OCH3 is 1. The molecule has 1 unspecified atom stereocenters. The second kappa shape index (κ2) is 11.5. The average molecular weight is 504 g/mol. The molecule has 2 N–H and O–H groups in total. The van der Waals surface area contributed by atoms with Gasteiger partial charge in [-0.3, -0.25) is 14.5 Å². The topological polar surface area (TPSA) is 108 Å². The number of carbonyl (C=O) groups is 3. The molecule has 1 fully saturated rings. The third-order valence-electron chi connectivity index (χ3n) is 5.57. The largest absolute Gasteiger partial charge is 0.497 e. The number of nitrogens with zero attached hydrogens (tertiary/aromatic N) is 2. The molecule has 36 heavy (non-hydrogen) atoms. The number of amidine groups is 1. The highest BCUT2D eigenvalue weighted by Gasteiger charge is 2.35. The van der Waals surface area contributed by atoms with Crippen molar-refractivity contribution in [2.24, 2.45) is 4.99 Å². The number of anilines is 1. The zero-order valence-electron chi connectivity index (χ0n) is 19.6. The minimum absolute atomic E-state index is 0.00550. The first-order chi connectivity index (χ1) is 17.4. The molecule has 2 amide bonds. The molecule has 1 atom stereocenters. The van der Waals surface area contributed by atoms with Crippen LogP contribution in [0.2, 0.25) is 0 Å². The van der Waals surface area contributed by atoms with E-state index in [0.717, 1.165) is 11.3 Å². The van der Waals surface area contributed by atoms with Gasteiger partial charge in [0.2, 0.25) is 11.8 Å². The van der Waals surface area contributed by atoms with Crippen LogP contribution in [0.15, 0.2) is 83.9 Å². The summed E-state index contributed by atoms with van der Waals surface area (Å²) in [5.74, 6) is -0.904. The number of nitrogens with one attached hydrogen (secondary N) is 1. The van der Waals surface area contributed by atoms with E-state index in [0.29, 0.717) is 29.5 Å². The van der Waals surface area contributed by atoms with Crippen LogP contribution in [0.5, 0.6) is 5.75 Å². The predicted molar refractivity (Wildman–Crippen MR) is 140 cm³/mol. The van der Waals surface area contributed by atoms with Gasteiger partial charge in [0.25, 0.3) is 0 Å². The SMILES string of the molecule is COc1ccc(CCN2C(=O)CC(C(=O)Nc3cccc(C(=O)O)c3)SC2=Nc2ccccc2)cc1. The van der Waals surface area contributed by atoms with E-state index >= 15 is 0 Å². The molecule has 1 aliphatic rings. The molecule has 3 aromatic carbocycles. The van der Waals surface area contributed by atoms with Crippen LogP contribution in [0.1, 0.15) is 22.3 Å². The van der Waals surface area contributed by atoms with E-state index in [-0.39, 0.29) is 23.8 Å². The highest BCUT2D eigenvalue weighted by atomic mass is 32.2. The van der Waals surface area contributed by atoms with Gasteiger partial charge in [0.15, 0.2) is 5.17 Å². The summed E-state index contributed by atoms with van der Waals surface area (Å²) in [6.07, 6.45) is 0.620. The lowest BCUT2D eigenvalue weighted by atomic mass is 10.1. The maximum Gasteiger partial charge on any atom is 0.335 e. The smallest absolute Gasteiger partial charge is 0.335 e. The number of amides is 2. The van der Waals surface area contributed by atoms with E-state index in [9.17, 15) is 19.5 Å². The lowest BCUT2D eigenvalue weighted by molar-refractivity contribution is -0.129. The summed E-state index contributed by atoms with van der Waals surface area (Å²) in [7, 11) is 1.61. The van der Waals surface area contributed by atoms with E-state index in [1.807, 2.05) is 54.6 Å². The van der Waals surface area contributed by atoms with Gasteiger partial charge in [-0.15, -0.1) is 0 Å². The first-order valence-electron chi connectivity index (χ1n) is 11.3. The highest BCUT2D eigenvalue weighted by molar-refractivity contribution is 8.15. The molecule has 1 aliphatic heterocycles. The summed E-state index contributed by atoms with van der Waals surface area (Å²) in [5, 5.41) is 11.7. The number of carboxylic acids is 1. The fourth-order valence-electron chi connectivity index (χ4n) is 3.66. The molecule has 0 bridgehead atoms. The Bertz CT molecular complexity index is 1280. The third-order valence-corrected chi connectivity index (χ3v) is 6.76. The van der Waals surface area contributed by atoms with Gasteiger partial charge >= 0.3 is 5.97 Å². The number of aliphatic imine (C=N–C) groups is 1. The van der Waals surface area contributed by atoms with Crippen molar-refractivity contribution in [3.05, 3.63) is 90.0 Å². The summed E-state index contributed by atoms with van der Waals surface area (Å²) >= 11 is 1.22. The molecule has 0 spiro atoms. The van der Waals surface area contributed by atoms with Crippen molar-refractivity contribution in [3.8, 4) is 5.75 Å². The number of carbonyl (C=O) groups excluding carboxylic acids is 2. The Morgan fingerprint density at radius 3 is 2.53 bits per heavy atom. The zero-order chi connectivity index (χ0) is 25.5. The maximum atomic E-state index is 13.2. The Kier molecular flexibility index (Phi) is 8.02. The molecule has 0 aromatic heterocycles. The first kappa shape index (κ1) is 25.0. The van der Waals surface area contributed by atoms with E-state index in [1.165, 1.54) is 23.9 Å². The number of hydrogen-bond acceptors (Lipinski definition) is 6. The normalized spacial score (nSPS) is 16.6. The minimum atomic E-state index is -1.09. The van der Waals surface area contributed by atoms with E-state index in [4.69, 9.17) is 4.74 Å². The van der Waals surface area contributed by atoms with Crippen LogP contribution in [-0.4, -0.2) is 51.9 Å². The van der Waals surface area contributed by atoms with Crippen molar-refractivity contribution in [2.75, 3.05) is 19.0 Å². The summed E-state index contributed by atoms with van der Waals surface area (Å²) in [5.41, 5.74) is 2.15. The van der Waals surface area contributed by atoms with Gasteiger partial charge in [0, 0.05) is 18.7 Å². The maximum absolute atomic E-state index is 13.2. The lowest BCUT2D eigenvalue weighted by Crippen LogP contribution is -2.46. The summed E-state index contributed by atoms with van der Waals surface area (Å²) in [6.45, 7) is 0.416. The number of rotatable bonds is 8. The van der Waals surface area contributed by atoms with Crippen LogP contribution >= 0.6 is 11.8 Å². The Balaban J connectivity index is 1.52. The molecular formula is C27H25N3O5S. The molecule has 0 aliphatic carbocycles. The number of hydrogen-bond donors (Lipinski definition) is 2. The van der Waals surface area contributed by atoms with Gasteiger partial charge in [-0.2, -0.15) is 0 Å². The molecule has 3 aromatic rings. The van der Waals surface area contributed by atoms with Crippen LogP contribution in [0, 0.1) is 0 Å². The Labute approximate surface area is 213 Å². The van der Waals surface area contributed by atoms with Crippen LogP contribution in [0.25, 0.3) is 0 Å². The molecule has 8 nitrogen and oxygen atoms in total. The standard InChI is InChI=1S/C27H25N3O5S/c1-35-22-12-10-18(11-13-22)14-15-30-24(31)17-23(36-27(30)29-20-7-3-2-4-8-20)25(32)28-21-9-5-6-19(16-21)26(33)34/h2-13,16,23H,14-15,17H2,1H3,(H,28,32)(H,33,34). The molecule has 0 radical (unpaired) electrons. The number of ether oxygens (including phenoxy) is 1. The lowest BCUT2D eigenvalue weighted by Gasteiger charge is -2.32.